The first-order chi connectivity index (χ1) is 11.2. The van der Waals surface area contributed by atoms with Crippen molar-refractivity contribution in [3.63, 3.8) is 0 Å². The summed E-state index contributed by atoms with van der Waals surface area (Å²) in [6, 6.07) is 18.0. The van der Waals surface area contributed by atoms with Crippen LogP contribution in [0.3, 0.4) is 0 Å². The van der Waals surface area contributed by atoms with Gasteiger partial charge in [0.15, 0.2) is 5.78 Å². The van der Waals surface area contributed by atoms with E-state index < -0.39 is 5.92 Å². The summed E-state index contributed by atoms with van der Waals surface area (Å²) >= 11 is 0. The predicted octanol–water partition coefficient (Wildman–Crippen LogP) is 3.46. The molecule has 114 valence electrons. The lowest BCUT2D eigenvalue weighted by atomic mass is 9.92. The van der Waals surface area contributed by atoms with Gasteiger partial charge in [0.25, 0.3) is 5.91 Å². The second kappa shape index (κ2) is 6.40. The van der Waals surface area contributed by atoms with Crippen molar-refractivity contribution in [1.82, 2.24) is 0 Å². The summed E-state index contributed by atoms with van der Waals surface area (Å²) in [5.74, 6) is -1.45. The lowest BCUT2D eigenvalue weighted by Gasteiger charge is -2.13. The van der Waals surface area contributed by atoms with Gasteiger partial charge in [0.1, 0.15) is 5.92 Å². The Morgan fingerprint density at radius 3 is 2.26 bits per heavy atom. The van der Waals surface area contributed by atoms with Crippen molar-refractivity contribution in [2.75, 3.05) is 5.01 Å². The van der Waals surface area contributed by atoms with Gasteiger partial charge in [-0.05, 0) is 25.1 Å². The van der Waals surface area contributed by atoms with Crippen LogP contribution in [0.25, 0.3) is 0 Å². The Kier molecular flexibility index (Phi) is 4.15. The molecule has 0 saturated carbocycles. The summed E-state index contributed by atoms with van der Waals surface area (Å²) in [7, 11) is 0. The second-order valence-electron chi connectivity index (χ2n) is 5.17. The molecule has 0 saturated heterocycles. The molecule has 2 aromatic carbocycles. The van der Waals surface area contributed by atoms with Crippen molar-refractivity contribution in [2.45, 2.75) is 6.92 Å². The second-order valence-corrected chi connectivity index (χ2v) is 5.17. The molecule has 4 heteroatoms. The zero-order chi connectivity index (χ0) is 16.2. The third kappa shape index (κ3) is 2.83. The first kappa shape index (κ1) is 14.9. The highest BCUT2D eigenvalue weighted by Crippen LogP contribution is 2.26. The highest BCUT2D eigenvalue weighted by molar-refractivity contribution is 6.33. The van der Waals surface area contributed by atoms with Gasteiger partial charge in [0.05, 0.1) is 11.4 Å². The Balaban J connectivity index is 1.99. The van der Waals surface area contributed by atoms with Crippen molar-refractivity contribution in [2.24, 2.45) is 11.0 Å². The fraction of sp³-hybridized carbons (Fsp3) is 0.105. The van der Waals surface area contributed by atoms with Crippen LogP contribution in [0.5, 0.6) is 0 Å². The van der Waals surface area contributed by atoms with Gasteiger partial charge in [-0.25, -0.2) is 0 Å². The largest absolute Gasteiger partial charge is 0.293 e. The van der Waals surface area contributed by atoms with Gasteiger partial charge in [0.2, 0.25) is 0 Å². The highest BCUT2D eigenvalue weighted by atomic mass is 16.2. The molecule has 3 rings (SSSR count). The number of para-hydroxylation sites is 1. The molecule has 23 heavy (non-hydrogen) atoms. The average Bonchev–Trinajstić information content (AvgIpc) is 2.92. The van der Waals surface area contributed by atoms with Gasteiger partial charge in [0, 0.05) is 5.56 Å². The number of rotatable bonds is 4. The third-order valence-corrected chi connectivity index (χ3v) is 3.63. The SMILES string of the molecule is C/C=C/C1=NN(c2ccccc2)C(=O)C1C(=O)c1ccccc1. The number of allylic oxidation sites excluding steroid dienone is 2. The molecule has 0 aromatic heterocycles. The standard InChI is InChI=1S/C19H16N2O2/c1-2-9-16-17(18(22)14-10-5-3-6-11-14)19(23)21(20-16)15-12-7-4-8-13-15/h2-13,17H,1H3/b9-2+. The number of benzene rings is 2. The van der Waals surface area contributed by atoms with Crippen molar-refractivity contribution in [3.05, 3.63) is 78.4 Å². The van der Waals surface area contributed by atoms with Gasteiger partial charge >= 0.3 is 0 Å². The number of hydrazone groups is 1. The number of carbonyl (C=O) groups is 2. The molecule has 4 nitrogen and oxygen atoms in total. The Morgan fingerprint density at radius 2 is 1.65 bits per heavy atom. The van der Waals surface area contributed by atoms with Gasteiger partial charge in [-0.3, -0.25) is 9.59 Å². The molecule has 1 aliphatic heterocycles. The average molecular weight is 304 g/mol. The molecule has 1 atom stereocenters. The number of nitrogens with zero attached hydrogens (tertiary/aromatic N) is 2. The number of hydrogen-bond acceptors (Lipinski definition) is 3. The van der Waals surface area contributed by atoms with E-state index in [0.29, 0.717) is 17.0 Å². The smallest absolute Gasteiger partial charge is 0.264 e. The van der Waals surface area contributed by atoms with Crippen LogP contribution in [0.15, 0.2) is 77.9 Å². The zero-order valence-electron chi connectivity index (χ0n) is 12.7. The van der Waals surface area contributed by atoms with Crippen molar-refractivity contribution < 1.29 is 9.59 Å². The van der Waals surface area contributed by atoms with Crippen LogP contribution in [-0.4, -0.2) is 17.4 Å². The fourth-order valence-corrected chi connectivity index (χ4v) is 2.54. The summed E-state index contributed by atoms with van der Waals surface area (Å²) in [4.78, 5) is 25.5. The van der Waals surface area contributed by atoms with E-state index in [1.54, 1.807) is 48.6 Å². The van der Waals surface area contributed by atoms with E-state index in [1.165, 1.54) is 5.01 Å². The van der Waals surface area contributed by atoms with E-state index in [2.05, 4.69) is 5.10 Å². The van der Waals surface area contributed by atoms with Crippen LogP contribution in [0, 0.1) is 5.92 Å². The number of amides is 1. The summed E-state index contributed by atoms with van der Waals surface area (Å²) in [6.45, 7) is 1.84. The quantitative estimate of drug-likeness (QED) is 0.641. The molecule has 0 N–H and O–H groups in total. The number of carbonyl (C=O) groups excluding carboxylic acids is 2. The minimum atomic E-state index is -0.895. The lowest BCUT2D eigenvalue weighted by Crippen LogP contribution is -2.33. The molecular weight excluding hydrogens is 288 g/mol. The number of hydrogen-bond donors (Lipinski definition) is 0. The van der Waals surface area contributed by atoms with E-state index in [-0.39, 0.29) is 11.7 Å². The molecule has 1 unspecified atom stereocenters. The van der Waals surface area contributed by atoms with E-state index >= 15 is 0 Å². The van der Waals surface area contributed by atoms with E-state index in [0.717, 1.165) is 0 Å². The molecule has 1 heterocycles. The summed E-state index contributed by atoms with van der Waals surface area (Å²) in [5.41, 5.74) is 1.64. The van der Waals surface area contributed by atoms with Crippen LogP contribution in [0.4, 0.5) is 5.69 Å². The van der Waals surface area contributed by atoms with Crippen LogP contribution in [0.2, 0.25) is 0 Å². The maximum atomic E-state index is 12.8. The van der Waals surface area contributed by atoms with Gasteiger partial charge < -0.3 is 0 Å². The number of anilines is 1. The van der Waals surface area contributed by atoms with Gasteiger partial charge in [-0.1, -0.05) is 54.6 Å². The first-order valence-electron chi connectivity index (χ1n) is 7.42. The molecule has 0 spiro atoms. The van der Waals surface area contributed by atoms with E-state index in [9.17, 15) is 9.59 Å². The minimum absolute atomic E-state index is 0.231. The summed E-state index contributed by atoms with van der Waals surface area (Å²) in [5, 5.41) is 5.66. The molecule has 0 fully saturated rings. The lowest BCUT2D eigenvalue weighted by molar-refractivity contribution is -0.118. The molecule has 0 bridgehead atoms. The van der Waals surface area contributed by atoms with Gasteiger partial charge in [-0.15, -0.1) is 0 Å². The maximum absolute atomic E-state index is 12.8. The zero-order valence-corrected chi connectivity index (χ0v) is 12.7. The molecule has 1 aliphatic rings. The number of Topliss-reactive ketones (excluding diaryl/α,β-unsaturated/α-hetero) is 1. The van der Waals surface area contributed by atoms with E-state index in [1.807, 2.05) is 31.2 Å². The molecule has 0 aliphatic carbocycles. The fourth-order valence-electron chi connectivity index (χ4n) is 2.54. The van der Waals surface area contributed by atoms with Crippen molar-refractivity contribution in [1.29, 1.82) is 0 Å². The van der Waals surface area contributed by atoms with Crippen LogP contribution < -0.4 is 5.01 Å². The normalized spacial score (nSPS) is 17.6. The Bertz CT molecular complexity index is 780. The van der Waals surface area contributed by atoms with E-state index in [4.69, 9.17) is 0 Å². The van der Waals surface area contributed by atoms with Crippen molar-refractivity contribution in [3.8, 4) is 0 Å². The third-order valence-electron chi connectivity index (χ3n) is 3.63. The molecular formula is C19H16N2O2. The topological polar surface area (TPSA) is 49.7 Å². The Labute approximate surface area is 134 Å². The molecule has 1 amide bonds. The Hall–Kier alpha value is -3.01. The highest BCUT2D eigenvalue weighted by Gasteiger charge is 2.40. The van der Waals surface area contributed by atoms with Crippen LogP contribution >= 0.6 is 0 Å². The predicted molar refractivity (Wildman–Crippen MR) is 90.4 cm³/mol. The van der Waals surface area contributed by atoms with Gasteiger partial charge in [-0.2, -0.15) is 10.1 Å². The molecule has 2 aromatic rings. The number of ketones is 1. The van der Waals surface area contributed by atoms with Crippen LogP contribution in [0.1, 0.15) is 17.3 Å². The van der Waals surface area contributed by atoms with Crippen LogP contribution in [-0.2, 0) is 4.79 Å². The first-order valence-corrected chi connectivity index (χ1v) is 7.42. The molecule has 0 radical (unpaired) electrons. The summed E-state index contributed by atoms with van der Waals surface area (Å²) in [6.07, 6.45) is 3.50. The maximum Gasteiger partial charge on any atom is 0.264 e. The Morgan fingerprint density at radius 1 is 1.04 bits per heavy atom. The monoisotopic (exact) mass is 304 g/mol. The summed E-state index contributed by atoms with van der Waals surface area (Å²) < 4.78 is 0. The minimum Gasteiger partial charge on any atom is -0.293 e. The van der Waals surface area contributed by atoms with Crippen molar-refractivity contribution >= 4 is 23.1 Å².